The van der Waals surface area contributed by atoms with E-state index in [0.717, 1.165) is 0 Å². The molecule has 1 saturated heterocycles. The largest absolute Gasteiger partial charge is 0.396 e. The van der Waals surface area contributed by atoms with E-state index in [-0.39, 0.29) is 25.6 Å². The summed E-state index contributed by atoms with van der Waals surface area (Å²) in [6.07, 6.45) is 0.872. The summed E-state index contributed by atoms with van der Waals surface area (Å²) in [5.74, 6) is 0. The van der Waals surface area contributed by atoms with Crippen LogP contribution in [0, 0.1) is 0 Å². The molecule has 2 unspecified atom stereocenters. The fourth-order valence-corrected chi connectivity index (χ4v) is 1.06. The van der Waals surface area contributed by atoms with Crippen LogP contribution in [0.2, 0.25) is 0 Å². The van der Waals surface area contributed by atoms with Gasteiger partial charge in [-0.3, -0.25) is 0 Å². The van der Waals surface area contributed by atoms with Crippen molar-refractivity contribution in [3.63, 3.8) is 0 Å². The van der Waals surface area contributed by atoms with Gasteiger partial charge in [-0.2, -0.15) is 0 Å². The molecule has 0 saturated carbocycles. The molecule has 4 heteroatoms. The van der Waals surface area contributed by atoms with Crippen molar-refractivity contribution < 1.29 is 19.7 Å². The van der Waals surface area contributed by atoms with Gasteiger partial charge in [0.05, 0.1) is 12.7 Å². The molecule has 0 aromatic rings. The standard InChI is InChI=1S/C7H14O4/c8-3-1-6-5-10-7(11-6)2-4-9/h6-9H,1-5H2. The van der Waals surface area contributed by atoms with E-state index in [1.54, 1.807) is 0 Å². The molecule has 0 amide bonds. The molecule has 0 aliphatic carbocycles. The monoisotopic (exact) mass is 162 g/mol. The predicted octanol–water partition coefficient (Wildman–Crippen LogP) is -0.507. The van der Waals surface area contributed by atoms with Gasteiger partial charge in [0.15, 0.2) is 6.29 Å². The van der Waals surface area contributed by atoms with E-state index in [4.69, 9.17) is 19.7 Å². The highest BCUT2D eigenvalue weighted by Crippen LogP contribution is 2.15. The summed E-state index contributed by atoms with van der Waals surface area (Å²) in [5.41, 5.74) is 0. The number of hydrogen-bond donors (Lipinski definition) is 2. The number of aliphatic hydroxyl groups is 2. The number of rotatable bonds is 4. The van der Waals surface area contributed by atoms with E-state index < -0.39 is 0 Å². The van der Waals surface area contributed by atoms with Gasteiger partial charge in [-0.1, -0.05) is 0 Å². The molecule has 2 N–H and O–H groups in total. The molecular weight excluding hydrogens is 148 g/mol. The second-order valence-electron chi connectivity index (χ2n) is 2.55. The summed E-state index contributed by atoms with van der Waals surface area (Å²) < 4.78 is 10.5. The van der Waals surface area contributed by atoms with E-state index in [9.17, 15) is 0 Å². The third-order valence-electron chi connectivity index (χ3n) is 1.63. The second-order valence-corrected chi connectivity index (χ2v) is 2.55. The van der Waals surface area contributed by atoms with Gasteiger partial charge in [-0.05, 0) is 6.42 Å². The lowest BCUT2D eigenvalue weighted by Gasteiger charge is -2.08. The smallest absolute Gasteiger partial charge is 0.160 e. The van der Waals surface area contributed by atoms with Crippen LogP contribution in [0.5, 0.6) is 0 Å². The molecular formula is C7H14O4. The maximum absolute atomic E-state index is 8.56. The van der Waals surface area contributed by atoms with Crippen molar-refractivity contribution in [2.24, 2.45) is 0 Å². The first kappa shape index (κ1) is 8.93. The number of ether oxygens (including phenoxy) is 2. The first-order valence-electron chi connectivity index (χ1n) is 3.85. The molecule has 2 atom stereocenters. The Morgan fingerprint density at radius 1 is 1.18 bits per heavy atom. The molecule has 0 aromatic heterocycles. The summed E-state index contributed by atoms with van der Waals surface area (Å²) in [5, 5.41) is 17.1. The van der Waals surface area contributed by atoms with Gasteiger partial charge in [-0.25, -0.2) is 0 Å². The van der Waals surface area contributed by atoms with Gasteiger partial charge in [0, 0.05) is 19.6 Å². The van der Waals surface area contributed by atoms with Gasteiger partial charge in [0.2, 0.25) is 0 Å². The lowest BCUT2D eigenvalue weighted by molar-refractivity contribution is -0.0714. The Morgan fingerprint density at radius 3 is 2.55 bits per heavy atom. The first-order chi connectivity index (χ1) is 5.36. The topological polar surface area (TPSA) is 58.9 Å². The van der Waals surface area contributed by atoms with Crippen molar-refractivity contribution in [3.05, 3.63) is 0 Å². The van der Waals surface area contributed by atoms with Crippen molar-refractivity contribution in [2.45, 2.75) is 25.2 Å². The average Bonchev–Trinajstić information content (AvgIpc) is 2.38. The average molecular weight is 162 g/mol. The summed E-state index contributed by atoms with van der Waals surface area (Å²) in [7, 11) is 0. The maximum atomic E-state index is 8.56. The zero-order valence-electron chi connectivity index (χ0n) is 6.40. The third kappa shape index (κ3) is 2.75. The van der Waals surface area contributed by atoms with Crippen LogP contribution in [-0.4, -0.2) is 42.4 Å². The zero-order valence-corrected chi connectivity index (χ0v) is 6.40. The summed E-state index contributed by atoms with van der Waals surface area (Å²) in [6, 6.07) is 0. The summed E-state index contributed by atoms with van der Waals surface area (Å²) in [4.78, 5) is 0. The SMILES string of the molecule is OCCC1COC(CCO)O1. The fraction of sp³-hybridized carbons (Fsp3) is 1.00. The van der Waals surface area contributed by atoms with Crippen LogP contribution in [0.15, 0.2) is 0 Å². The van der Waals surface area contributed by atoms with Gasteiger partial charge >= 0.3 is 0 Å². The molecule has 11 heavy (non-hydrogen) atoms. The molecule has 1 fully saturated rings. The van der Waals surface area contributed by atoms with E-state index in [0.29, 0.717) is 19.4 Å². The minimum Gasteiger partial charge on any atom is -0.396 e. The molecule has 1 rings (SSSR count). The Labute approximate surface area is 65.7 Å². The quantitative estimate of drug-likeness (QED) is 0.584. The molecule has 1 aliphatic heterocycles. The van der Waals surface area contributed by atoms with E-state index in [1.807, 2.05) is 0 Å². The second kappa shape index (κ2) is 4.66. The Kier molecular flexibility index (Phi) is 3.79. The molecule has 1 heterocycles. The van der Waals surface area contributed by atoms with E-state index >= 15 is 0 Å². The normalized spacial score (nSPS) is 31.1. The van der Waals surface area contributed by atoms with Gasteiger partial charge in [-0.15, -0.1) is 0 Å². The van der Waals surface area contributed by atoms with E-state index in [1.165, 1.54) is 0 Å². The molecule has 66 valence electrons. The third-order valence-corrected chi connectivity index (χ3v) is 1.63. The predicted molar refractivity (Wildman–Crippen MR) is 38.0 cm³/mol. The van der Waals surface area contributed by atoms with Crippen LogP contribution in [0.25, 0.3) is 0 Å². The van der Waals surface area contributed by atoms with Gasteiger partial charge in [0.25, 0.3) is 0 Å². The van der Waals surface area contributed by atoms with Crippen molar-refractivity contribution in [2.75, 3.05) is 19.8 Å². The first-order valence-corrected chi connectivity index (χ1v) is 3.85. The van der Waals surface area contributed by atoms with E-state index in [2.05, 4.69) is 0 Å². The Hall–Kier alpha value is -0.160. The number of aliphatic hydroxyl groups excluding tert-OH is 2. The van der Waals surface area contributed by atoms with Crippen LogP contribution >= 0.6 is 0 Å². The van der Waals surface area contributed by atoms with Gasteiger partial charge in [0.1, 0.15) is 0 Å². The highest BCUT2D eigenvalue weighted by molar-refractivity contribution is 4.64. The maximum Gasteiger partial charge on any atom is 0.160 e. The van der Waals surface area contributed by atoms with Crippen molar-refractivity contribution in [3.8, 4) is 0 Å². The van der Waals surface area contributed by atoms with Crippen LogP contribution in [0.1, 0.15) is 12.8 Å². The molecule has 1 aliphatic rings. The van der Waals surface area contributed by atoms with Gasteiger partial charge < -0.3 is 19.7 Å². The van der Waals surface area contributed by atoms with Crippen LogP contribution < -0.4 is 0 Å². The summed E-state index contributed by atoms with van der Waals surface area (Å²) >= 11 is 0. The highest BCUT2D eigenvalue weighted by Gasteiger charge is 2.24. The lowest BCUT2D eigenvalue weighted by atomic mass is 10.3. The molecule has 4 nitrogen and oxygen atoms in total. The lowest BCUT2D eigenvalue weighted by Crippen LogP contribution is -2.14. The molecule has 0 spiro atoms. The Bertz CT molecular complexity index is 94.6. The minimum absolute atomic E-state index is 0.0107. The molecule has 0 bridgehead atoms. The zero-order chi connectivity index (χ0) is 8.10. The Balaban J connectivity index is 2.12. The molecule has 0 aromatic carbocycles. The Morgan fingerprint density at radius 2 is 1.91 bits per heavy atom. The van der Waals surface area contributed by atoms with Crippen molar-refractivity contribution >= 4 is 0 Å². The summed E-state index contributed by atoms with van der Waals surface area (Å²) in [6.45, 7) is 0.738. The van der Waals surface area contributed by atoms with Crippen molar-refractivity contribution in [1.29, 1.82) is 0 Å². The van der Waals surface area contributed by atoms with Crippen LogP contribution in [-0.2, 0) is 9.47 Å². The van der Waals surface area contributed by atoms with Crippen LogP contribution in [0.4, 0.5) is 0 Å². The fourth-order valence-electron chi connectivity index (χ4n) is 1.06. The minimum atomic E-state index is -0.267. The molecule has 0 radical (unpaired) electrons. The highest BCUT2D eigenvalue weighted by atomic mass is 16.7. The van der Waals surface area contributed by atoms with Crippen LogP contribution in [0.3, 0.4) is 0 Å². The van der Waals surface area contributed by atoms with Crippen molar-refractivity contribution in [1.82, 2.24) is 0 Å². The number of hydrogen-bond acceptors (Lipinski definition) is 4.